The highest BCUT2D eigenvalue weighted by molar-refractivity contribution is 6.38. The summed E-state index contributed by atoms with van der Waals surface area (Å²) in [5.74, 6) is -3.75. The predicted molar refractivity (Wildman–Crippen MR) is 186 cm³/mol. The quantitative estimate of drug-likeness (QED) is 0.125. The molecule has 1 aliphatic carbocycles. The van der Waals surface area contributed by atoms with Crippen LogP contribution < -0.4 is 21.3 Å². The normalized spacial score (nSPS) is 19.9. The van der Waals surface area contributed by atoms with Crippen LogP contribution in [0.1, 0.15) is 73.8 Å². The minimum Gasteiger partial charge on any atom is -0.459 e. The van der Waals surface area contributed by atoms with Gasteiger partial charge in [0.2, 0.25) is 17.6 Å². The number of carbonyl (C=O) groups excluding carboxylic acids is 6. The van der Waals surface area contributed by atoms with E-state index >= 15 is 0 Å². The average molecular weight is 680 g/mol. The Morgan fingerprint density at radius 1 is 1.02 bits per heavy atom. The molecule has 1 unspecified atom stereocenters. The molecule has 2 aliphatic rings. The van der Waals surface area contributed by atoms with Crippen molar-refractivity contribution >= 4 is 35.5 Å². The summed E-state index contributed by atoms with van der Waals surface area (Å²) in [7, 11) is 0. The number of urea groups is 1. The number of hydrogen-bond acceptors (Lipinski definition) is 7. The average Bonchev–Trinajstić information content (AvgIpc) is 3.62. The third-order valence-electron chi connectivity index (χ3n) is 8.94. The Morgan fingerprint density at radius 3 is 2.22 bits per heavy atom. The van der Waals surface area contributed by atoms with Crippen molar-refractivity contribution in [2.75, 3.05) is 13.1 Å². The molecule has 1 heterocycles. The second kappa shape index (κ2) is 16.8. The number of piperidine rings is 1. The number of amides is 5. The molecule has 1 aromatic rings. The fraction of sp³-hybridized carbons (Fsp3) is 0.568. The van der Waals surface area contributed by atoms with Crippen LogP contribution in [0.4, 0.5) is 4.79 Å². The molecule has 268 valence electrons. The van der Waals surface area contributed by atoms with Crippen LogP contribution in [0.2, 0.25) is 0 Å². The van der Waals surface area contributed by atoms with E-state index in [0.29, 0.717) is 6.42 Å². The predicted octanol–water partition coefficient (Wildman–Crippen LogP) is 3.42. The summed E-state index contributed by atoms with van der Waals surface area (Å²) in [6, 6.07) is 4.43. The van der Waals surface area contributed by atoms with Crippen molar-refractivity contribution in [3.8, 4) is 0 Å². The van der Waals surface area contributed by atoms with Gasteiger partial charge in [-0.2, -0.15) is 0 Å². The van der Waals surface area contributed by atoms with E-state index in [2.05, 4.69) is 27.8 Å². The standard InChI is InChI=1S/C37H53N5O7/c1-10-15-25(30(43)33(45)38-18-11-2)39-32(44)29-27-24(26(27)21(3)4)19-42(29)34(46)31(37(7,8)9)41-36(48)40-28(22(5)6)35(47)49-20-23-16-13-12-14-17-23/h11-14,16-17,22,24-25,27-29,31H,2,10,15,18-20H2,1,3-9H3,(H,38,45)(H,39,44)(H2,40,41,48)/t24-,25?,27-,28+,29+,31-/m1/s1. The minimum atomic E-state index is -1.07. The number of esters is 1. The second-order valence-corrected chi connectivity index (χ2v) is 14.5. The van der Waals surface area contributed by atoms with E-state index in [-0.39, 0.29) is 43.9 Å². The monoisotopic (exact) mass is 679 g/mol. The van der Waals surface area contributed by atoms with Crippen LogP contribution in [-0.4, -0.2) is 77.7 Å². The first kappa shape index (κ1) is 39.0. The lowest BCUT2D eigenvalue weighted by Crippen LogP contribution is -2.62. The van der Waals surface area contributed by atoms with Gasteiger partial charge in [-0.05, 0) is 37.2 Å². The molecule has 0 spiro atoms. The topological polar surface area (TPSA) is 163 Å². The molecule has 12 heteroatoms. The van der Waals surface area contributed by atoms with Crippen LogP contribution in [0, 0.1) is 23.2 Å². The van der Waals surface area contributed by atoms with Gasteiger partial charge < -0.3 is 30.9 Å². The number of carbonyl (C=O) groups is 6. The maximum Gasteiger partial charge on any atom is 0.329 e. The van der Waals surface area contributed by atoms with Crippen molar-refractivity contribution < 1.29 is 33.5 Å². The van der Waals surface area contributed by atoms with Gasteiger partial charge in [0.15, 0.2) is 0 Å². The van der Waals surface area contributed by atoms with Crippen molar-refractivity contribution in [1.29, 1.82) is 0 Å². The first-order chi connectivity index (χ1) is 23.0. The molecule has 1 saturated carbocycles. The summed E-state index contributed by atoms with van der Waals surface area (Å²) in [5, 5.41) is 10.7. The van der Waals surface area contributed by atoms with Gasteiger partial charge in [-0.3, -0.25) is 19.2 Å². The van der Waals surface area contributed by atoms with Crippen molar-refractivity contribution in [2.24, 2.45) is 23.2 Å². The van der Waals surface area contributed by atoms with E-state index in [0.717, 1.165) is 16.7 Å². The van der Waals surface area contributed by atoms with Crippen molar-refractivity contribution in [3.63, 3.8) is 0 Å². The lowest BCUT2D eigenvalue weighted by atomic mass is 9.85. The van der Waals surface area contributed by atoms with Gasteiger partial charge in [-0.25, -0.2) is 9.59 Å². The summed E-state index contributed by atoms with van der Waals surface area (Å²) < 4.78 is 5.48. The number of nitrogens with zero attached hydrogens (tertiary/aromatic N) is 1. The number of Topliss-reactive ketones (excluding diaryl/α,β-unsaturated/α-hetero) is 1. The summed E-state index contributed by atoms with van der Waals surface area (Å²) in [4.78, 5) is 81.6. The van der Waals surface area contributed by atoms with Crippen LogP contribution in [0.5, 0.6) is 0 Å². The van der Waals surface area contributed by atoms with E-state index in [9.17, 15) is 28.8 Å². The Morgan fingerprint density at radius 2 is 1.67 bits per heavy atom. The zero-order valence-electron chi connectivity index (χ0n) is 30.1. The van der Waals surface area contributed by atoms with Gasteiger partial charge in [0.05, 0.1) is 6.04 Å². The number of fused-ring (bicyclic) bond motifs is 1. The van der Waals surface area contributed by atoms with Crippen molar-refractivity contribution in [2.45, 2.75) is 99.0 Å². The lowest BCUT2D eigenvalue weighted by Gasteiger charge is -2.37. The molecule has 6 atom stereocenters. The summed E-state index contributed by atoms with van der Waals surface area (Å²) in [5.41, 5.74) is 2.18. The van der Waals surface area contributed by atoms with Gasteiger partial charge in [0.25, 0.3) is 5.91 Å². The highest BCUT2D eigenvalue weighted by Gasteiger charge is 2.62. The Labute approximate surface area is 289 Å². The highest BCUT2D eigenvalue weighted by Crippen LogP contribution is 2.56. The molecule has 3 rings (SSSR count). The molecular weight excluding hydrogens is 626 g/mol. The molecule has 49 heavy (non-hydrogen) atoms. The molecule has 1 aliphatic heterocycles. The van der Waals surface area contributed by atoms with E-state index < -0.39 is 65.1 Å². The Balaban J connectivity index is 1.80. The summed E-state index contributed by atoms with van der Waals surface area (Å²) >= 11 is 0. The third-order valence-corrected chi connectivity index (χ3v) is 8.94. The van der Waals surface area contributed by atoms with E-state index in [1.165, 1.54) is 11.0 Å². The molecule has 1 aromatic carbocycles. The number of hydrogen-bond donors (Lipinski definition) is 4. The SMILES string of the molecule is C=CCNC(=O)C(=O)C(CCC)NC(=O)[C@@H]1[C@H]2C(=C(C)C)[C@H]2CN1C(=O)[C@@H](NC(=O)N[C@H](C(=O)OCc1ccccc1)C(C)C)C(C)(C)C. The third kappa shape index (κ3) is 9.79. The maximum absolute atomic E-state index is 14.3. The fourth-order valence-corrected chi connectivity index (χ4v) is 6.37. The van der Waals surface area contributed by atoms with Gasteiger partial charge in [-0.15, -0.1) is 6.58 Å². The molecular formula is C37H53N5O7. The molecule has 5 amide bonds. The molecule has 4 N–H and O–H groups in total. The summed E-state index contributed by atoms with van der Waals surface area (Å²) in [6.45, 7) is 18.7. The lowest BCUT2D eigenvalue weighted by molar-refractivity contribution is -0.148. The van der Waals surface area contributed by atoms with Crippen LogP contribution in [0.15, 0.2) is 54.1 Å². The number of benzene rings is 1. The first-order valence-electron chi connectivity index (χ1n) is 17.0. The Kier molecular flexibility index (Phi) is 13.3. The van der Waals surface area contributed by atoms with Crippen molar-refractivity contribution in [3.05, 3.63) is 59.7 Å². The Bertz CT molecular complexity index is 1440. The highest BCUT2D eigenvalue weighted by atomic mass is 16.5. The van der Waals surface area contributed by atoms with E-state index in [1.54, 1.807) is 34.6 Å². The first-order valence-corrected chi connectivity index (χ1v) is 17.0. The summed E-state index contributed by atoms with van der Waals surface area (Å²) in [6.07, 6.45) is 2.23. The number of nitrogens with one attached hydrogen (secondary N) is 4. The number of rotatable bonds is 15. The zero-order valence-corrected chi connectivity index (χ0v) is 30.1. The molecule has 1 saturated heterocycles. The molecule has 0 bridgehead atoms. The van der Waals surface area contributed by atoms with Crippen molar-refractivity contribution in [1.82, 2.24) is 26.2 Å². The van der Waals surface area contributed by atoms with E-state index in [4.69, 9.17) is 4.74 Å². The second-order valence-electron chi connectivity index (χ2n) is 14.5. The van der Waals surface area contributed by atoms with Crippen LogP contribution >= 0.6 is 0 Å². The number of ether oxygens (including phenoxy) is 1. The Hall–Kier alpha value is -4.48. The smallest absolute Gasteiger partial charge is 0.329 e. The number of allylic oxidation sites excluding steroid dienone is 1. The maximum atomic E-state index is 14.3. The number of likely N-dealkylation sites (tertiary alicyclic amines) is 1. The number of ketones is 1. The van der Waals surface area contributed by atoms with E-state index in [1.807, 2.05) is 51.1 Å². The molecule has 2 fully saturated rings. The minimum absolute atomic E-state index is 0.0277. The molecule has 0 radical (unpaired) electrons. The zero-order chi connectivity index (χ0) is 36.6. The van der Waals surface area contributed by atoms with Gasteiger partial charge in [-0.1, -0.05) is 95.5 Å². The van der Waals surface area contributed by atoms with Gasteiger partial charge in [0, 0.05) is 24.9 Å². The molecule has 12 nitrogen and oxygen atoms in total. The van der Waals surface area contributed by atoms with Crippen LogP contribution in [0.3, 0.4) is 0 Å². The van der Waals surface area contributed by atoms with Crippen LogP contribution in [-0.2, 0) is 35.3 Å². The largest absolute Gasteiger partial charge is 0.459 e. The van der Waals surface area contributed by atoms with Crippen LogP contribution in [0.25, 0.3) is 0 Å². The molecule has 0 aromatic heterocycles. The van der Waals surface area contributed by atoms with Gasteiger partial charge in [0.1, 0.15) is 24.7 Å². The fourth-order valence-electron chi connectivity index (χ4n) is 6.37. The van der Waals surface area contributed by atoms with Gasteiger partial charge >= 0.3 is 12.0 Å².